The lowest BCUT2D eigenvalue weighted by Gasteiger charge is -2.42. The number of rotatable bonds is 4. The van der Waals surface area contributed by atoms with Gasteiger partial charge in [-0.15, -0.1) is 11.3 Å². The van der Waals surface area contributed by atoms with Crippen LogP contribution in [0.25, 0.3) is 20.5 Å². The van der Waals surface area contributed by atoms with Crippen molar-refractivity contribution < 1.29 is 13.2 Å². The Kier molecular flexibility index (Phi) is 5.59. The molecule has 1 fully saturated rings. The Labute approximate surface area is 213 Å². The molecule has 2 aromatic heterocycles. The Balaban J connectivity index is 1.37. The van der Waals surface area contributed by atoms with E-state index < -0.39 is 10.0 Å². The second-order valence-corrected chi connectivity index (χ2v) is 12.6. The van der Waals surface area contributed by atoms with Gasteiger partial charge in [0.15, 0.2) is 0 Å². The molecule has 0 spiro atoms. The molecule has 184 valence electrons. The fraction of sp³-hybridized carbons (Fsp3) is 0.259. The van der Waals surface area contributed by atoms with E-state index >= 15 is 0 Å². The van der Waals surface area contributed by atoms with E-state index in [1.807, 2.05) is 22.8 Å². The highest BCUT2D eigenvalue weighted by molar-refractivity contribution is 7.89. The summed E-state index contributed by atoms with van der Waals surface area (Å²) in [4.78, 5) is 25.5. The second-order valence-electron chi connectivity index (χ2n) is 9.56. The van der Waals surface area contributed by atoms with Gasteiger partial charge in [0.05, 0.1) is 4.90 Å². The topological polar surface area (TPSA) is 88.5 Å². The van der Waals surface area contributed by atoms with Crippen molar-refractivity contribution in [3.8, 4) is 10.4 Å². The fourth-order valence-corrected chi connectivity index (χ4v) is 8.21. The molecule has 2 bridgehead atoms. The van der Waals surface area contributed by atoms with Crippen molar-refractivity contribution in [2.24, 2.45) is 5.92 Å². The number of aromatic nitrogens is 1. The van der Waals surface area contributed by atoms with Gasteiger partial charge in [0.2, 0.25) is 15.9 Å². The first kappa shape index (κ1) is 23.1. The molecular formula is C27H25N3O4S2. The largest absolute Gasteiger partial charge is 0.326 e. The molecule has 36 heavy (non-hydrogen) atoms. The van der Waals surface area contributed by atoms with Crippen molar-refractivity contribution in [2.45, 2.75) is 30.7 Å². The molecule has 7 nitrogen and oxygen atoms in total. The number of amides is 1. The summed E-state index contributed by atoms with van der Waals surface area (Å²) in [5.41, 5.74) is 2.47. The van der Waals surface area contributed by atoms with Gasteiger partial charge in [-0.1, -0.05) is 18.2 Å². The summed E-state index contributed by atoms with van der Waals surface area (Å²) in [6, 6.07) is 20.2. The van der Waals surface area contributed by atoms with Crippen LogP contribution < -0.4 is 10.9 Å². The maximum Gasteiger partial charge on any atom is 0.250 e. The SMILES string of the molecule is CC(=O)Nc1ccc(S(=O)(=O)N2C[C@H]3C[C@H](C2)c2c(-c4cc5ccccc5s4)ccc(=O)n2C3)cc1. The average Bonchev–Trinajstić information content (AvgIpc) is 3.29. The van der Waals surface area contributed by atoms with Gasteiger partial charge in [0.25, 0.3) is 5.56 Å². The number of pyridine rings is 1. The van der Waals surface area contributed by atoms with E-state index in [1.165, 1.54) is 23.8 Å². The zero-order valence-corrected chi connectivity index (χ0v) is 21.3. The molecule has 6 rings (SSSR count). The second kappa shape index (κ2) is 8.69. The van der Waals surface area contributed by atoms with Gasteiger partial charge >= 0.3 is 0 Å². The van der Waals surface area contributed by atoms with Gasteiger partial charge in [0.1, 0.15) is 0 Å². The lowest BCUT2D eigenvalue weighted by molar-refractivity contribution is -0.114. The quantitative estimate of drug-likeness (QED) is 0.430. The highest BCUT2D eigenvalue weighted by Gasteiger charge is 2.40. The van der Waals surface area contributed by atoms with Gasteiger partial charge in [-0.2, -0.15) is 4.31 Å². The lowest BCUT2D eigenvalue weighted by atomic mass is 9.82. The normalized spacial score (nSPS) is 19.7. The Morgan fingerprint density at radius 2 is 1.78 bits per heavy atom. The summed E-state index contributed by atoms with van der Waals surface area (Å²) in [5.74, 6) is -0.210. The van der Waals surface area contributed by atoms with Gasteiger partial charge in [-0.05, 0) is 60.2 Å². The Morgan fingerprint density at radius 1 is 1.00 bits per heavy atom. The molecule has 0 radical (unpaired) electrons. The third kappa shape index (κ3) is 3.97. The number of sulfonamides is 1. The monoisotopic (exact) mass is 519 g/mol. The first-order chi connectivity index (χ1) is 17.3. The Bertz CT molecular complexity index is 1620. The summed E-state index contributed by atoms with van der Waals surface area (Å²) in [7, 11) is -3.72. The van der Waals surface area contributed by atoms with Crippen LogP contribution in [0.5, 0.6) is 0 Å². The third-order valence-corrected chi connectivity index (χ3v) is 10.1. The number of nitrogens with zero attached hydrogens (tertiary/aromatic N) is 2. The standard InChI is InChI=1S/C27H25N3O4S2/c1-17(31)28-21-6-8-22(9-7-21)36(33,34)29-14-18-12-20(16-29)27-23(10-11-26(32)30(27)15-18)25-13-19-4-2-3-5-24(19)35-25/h2-11,13,18,20H,12,14-16H2,1H3,(H,28,31)/t18-,20-/m1/s1. The third-order valence-electron chi connectivity index (χ3n) is 7.06. The highest BCUT2D eigenvalue weighted by atomic mass is 32.2. The smallest absolute Gasteiger partial charge is 0.250 e. The lowest BCUT2D eigenvalue weighted by Crippen LogP contribution is -2.49. The Hall–Kier alpha value is -3.27. The number of carbonyl (C=O) groups is 1. The van der Waals surface area contributed by atoms with Crippen LogP contribution in [0.2, 0.25) is 0 Å². The molecule has 2 aliphatic rings. The van der Waals surface area contributed by atoms with E-state index in [0.29, 0.717) is 25.3 Å². The van der Waals surface area contributed by atoms with Crippen molar-refractivity contribution in [1.29, 1.82) is 0 Å². The van der Waals surface area contributed by atoms with Crippen LogP contribution in [-0.4, -0.2) is 36.3 Å². The molecule has 4 aromatic rings. The van der Waals surface area contributed by atoms with Gasteiger partial charge in [0, 0.05) is 65.1 Å². The van der Waals surface area contributed by atoms with Crippen LogP contribution >= 0.6 is 11.3 Å². The zero-order chi connectivity index (χ0) is 25.0. The van der Waals surface area contributed by atoms with Gasteiger partial charge < -0.3 is 9.88 Å². The minimum absolute atomic E-state index is 0.0329. The predicted octanol–water partition coefficient (Wildman–Crippen LogP) is 4.50. The predicted molar refractivity (Wildman–Crippen MR) is 142 cm³/mol. The van der Waals surface area contributed by atoms with E-state index in [4.69, 9.17) is 0 Å². The number of fused-ring (bicyclic) bond motifs is 5. The van der Waals surface area contributed by atoms with Crippen LogP contribution in [0.4, 0.5) is 5.69 Å². The van der Waals surface area contributed by atoms with Crippen LogP contribution in [0.3, 0.4) is 0 Å². The molecule has 2 aromatic carbocycles. The Morgan fingerprint density at radius 3 is 2.53 bits per heavy atom. The van der Waals surface area contributed by atoms with Gasteiger partial charge in [-0.3, -0.25) is 9.59 Å². The zero-order valence-electron chi connectivity index (χ0n) is 19.7. The number of anilines is 1. The van der Waals surface area contributed by atoms with E-state index in [0.717, 1.165) is 27.9 Å². The van der Waals surface area contributed by atoms with Crippen molar-refractivity contribution in [2.75, 3.05) is 18.4 Å². The maximum absolute atomic E-state index is 13.6. The molecule has 0 saturated carbocycles. The van der Waals surface area contributed by atoms with Crippen molar-refractivity contribution >= 4 is 43.0 Å². The molecule has 0 aliphatic carbocycles. The van der Waals surface area contributed by atoms with Crippen LogP contribution in [0.15, 0.2) is 76.4 Å². The van der Waals surface area contributed by atoms with Crippen molar-refractivity contribution in [3.63, 3.8) is 0 Å². The van der Waals surface area contributed by atoms with E-state index in [9.17, 15) is 18.0 Å². The van der Waals surface area contributed by atoms with E-state index in [1.54, 1.807) is 33.8 Å². The molecule has 1 N–H and O–H groups in total. The minimum atomic E-state index is -3.72. The fourth-order valence-electron chi connectivity index (χ4n) is 5.55. The first-order valence-electron chi connectivity index (χ1n) is 11.9. The van der Waals surface area contributed by atoms with Crippen LogP contribution in [-0.2, 0) is 21.4 Å². The molecule has 9 heteroatoms. The number of thiophene rings is 1. The number of hydrogen-bond donors (Lipinski definition) is 1. The van der Waals surface area contributed by atoms with Crippen LogP contribution in [0, 0.1) is 5.92 Å². The summed E-state index contributed by atoms with van der Waals surface area (Å²) < 4.78 is 31.8. The minimum Gasteiger partial charge on any atom is -0.326 e. The molecule has 2 aliphatic heterocycles. The summed E-state index contributed by atoms with van der Waals surface area (Å²) in [6.07, 6.45) is 0.856. The van der Waals surface area contributed by atoms with Crippen molar-refractivity contribution in [1.82, 2.24) is 8.87 Å². The molecular weight excluding hydrogens is 494 g/mol. The first-order valence-corrected chi connectivity index (χ1v) is 14.2. The number of carbonyl (C=O) groups excluding carboxylic acids is 1. The molecule has 1 saturated heterocycles. The number of benzene rings is 2. The summed E-state index contributed by atoms with van der Waals surface area (Å²) in [5, 5.41) is 3.82. The van der Waals surface area contributed by atoms with E-state index in [-0.39, 0.29) is 28.2 Å². The molecule has 1 amide bonds. The average molecular weight is 520 g/mol. The van der Waals surface area contributed by atoms with E-state index in [2.05, 4.69) is 23.5 Å². The molecule has 2 atom stereocenters. The number of piperidine rings is 1. The summed E-state index contributed by atoms with van der Waals surface area (Å²) >= 11 is 1.69. The number of nitrogens with one attached hydrogen (secondary N) is 1. The maximum atomic E-state index is 13.6. The number of hydrogen-bond acceptors (Lipinski definition) is 5. The summed E-state index contributed by atoms with van der Waals surface area (Å²) in [6.45, 7) is 2.63. The molecule has 4 heterocycles. The van der Waals surface area contributed by atoms with Crippen molar-refractivity contribution in [3.05, 3.63) is 82.8 Å². The van der Waals surface area contributed by atoms with Gasteiger partial charge in [-0.25, -0.2) is 8.42 Å². The van der Waals surface area contributed by atoms with Crippen LogP contribution in [0.1, 0.15) is 25.0 Å². The molecule has 0 unspecified atom stereocenters. The highest BCUT2D eigenvalue weighted by Crippen LogP contribution is 2.43.